The molecule has 4 amide bonds. The summed E-state index contributed by atoms with van der Waals surface area (Å²) in [6.45, 7) is 0.828. The van der Waals surface area contributed by atoms with Gasteiger partial charge in [0, 0.05) is 6.04 Å². The number of hydrogen-bond donors (Lipinski definition) is 1. The van der Waals surface area contributed by atoms with E-state index in [1.165, 1.54) is 16.2 Å². The number of halogens is 1. The van der Waals surface area contributed by atoms with E-state index in [0.29, 0.717) is 10.9 Å². The van der Waals surface area contributed by atoms with Crippen molar-refractivity contribution in [3.63, 3.8) is 0 Å². The van der Waals surface area contributed by atoms with Gasteiger partial charge in [-0.1, -0.05) is 24.4 Å². The molecule has 0 spiro atoms. The van der Waals surface area contributed by atoms with Gasteiger partial charge < -0.3 is 4.90 Å². The molecule has 1 aliphatic heterocycles. The van der Waals surface area contributed by atoms with E-state index < -0.39 is 17.8 Å². The summed E-state index contributed by atoms with van der Waals surface area (Å²) in [4.78, 5) is 41.1. The molecule has 0 radical (unpaired) electrons. The number of carbonyl (C=O) groups excluding carboxylic acids is 3. The zero-order valence-corrected chi connectivity index (χ0v) is 14.5. The van der Waals surface area contributed by atoms with E-state index in [2.05, 4.69) is 0 Å². The van der Waals surface area contributed by atoms with Gasteiger partial charge in [0.2, 0.25) is 0 Å². The molecular formula is C15H19ClN3O3S+. The smallest absolute Gasteiger partial charge is 0.315 e. The lowest BCUT2D eigenvalue weighted by Gasteiger charge is -2.22. The Morgan fingerprint density at radius 1 is 1.22 bits per heavy atom. The van der Waals surface area contributed by atoms with Crippen molar-refractivity contribution >= 4 is 40.8 Å². The van der Waals surface area contributed by atoms with E-state index >= 15 is 0 Å². The summed E-state index contributed by atoms with van der Waals surface area (Å²) in [6, 6.07) is 3.18. The van der Waals surface area contributed by atoms with Gasteiger partial charge >= 0.3 is 17.8 Å². The van der Waals surface area contributed by atoms with Crippen molar-refractivity contribution in [1.29, 1.82) is 0 Å². The first kappa shape index (κ1) is 16.4. The van der Waals surface area contributed by atoms with E-state index in [1.54, 1.807) is 0 Å². The molecule has 2 fully saturated rings. The monoisotopic (exact) mass is 356 g/mol. The third kappa shape index (κ3) is 3.27. The fraction of sp³-hybridized carbons (Fsp3) is 0.533. The van der Waals surface area contributed by atoms with E-state index in [4.69, 9.17) is 11.6 Å². The number of rotatable bonds is 5. The van der Waals surface area contributed by atoms with Crippen LogP contribution in [0.1, 0.15) is 30.6 Å². The molecule has 1 saturated carbocycles. The Labute approximate surface area is 143 Å². The van der Waals surface area contributed by atoms with Crippen molar-refractivity contribution in [1.82, 2.24) is 9.80 Å². The predicted octanol–water partition coefficient (Wildman–Crippen LogP) is 1.11. The summed E-state index contributed by atoms with van der Waals surface area (Å²) in [6.07, 6.45) is 3.60. The molecule has 3 rings (SSSR count). The van der Waals surface area contributed by atoms with Crippen molar-refractivity contribution < 1.29 is 19.3 Å². The van der Waals surface area contributed by atoms with Crippen molar-refractivity contribution in [3.05, 3.63) is 21.3 Å². The first-order valence-corrected chi connectivity index (χ1v) is 8.91. The van der Waals surface area contributed by atoms with Crippen molar-refractivity contribution in [2.45, 2.75) is 38.3 Å². The van der Waals surface area contributed by atoms with Crippen LogP contribution in [0.2, 0.25) is 4.34 Å². The molecule has 0 aromatic carbocycles. The summed E-state index contributed by atoms with van der Waals surface area (Å²) in [5, 5.41) is 0. The SMILES string of the molecule is C[NH+](Cc1ccc(Cl)s1)CN1C(=O)C(=O)N(C2CCCC2)C1=O. The molecule has 23 heavy (non-hydrogen) atoms. The minimum atomic E-state index is -0.703. The Morgan fingerprint density at radius 3 is 2.52 bits per heavy atom. The molecule has 1 aromatic heterocycles. The first-order valence-electron chi connectivity index (χ1n) is 7.72. The third-order valence-corrected chi connectivity index (χ3v) is 5.54. The second-order valence-electron chi connectivity index (χ2n) is 6.13. The van der Waals surface area contributed by atoms with Crippen LogP contribution in [0.5, 0.6) is 0 Å². The van der Waals surface area contributed by atoms with Gasteiger partial charge in [0.05, 0.1) is 16.3 Å². The highest BCUT2D eigenvalue weighted by atomic mass is 35.5. The molecule has 2 heterocycles. The minimum Gasteiger partial charge on any atom is -0.315 e. The van der Waals surface area contributed by atoms with Crippen LogP contribution in [0.15, 0.2) is 12.1 Å². The van der Waals surface area contributed by atoms with Gasteiger partial charge in [-0.15, -0.1) is 11.3 Å². The van der Waals surface area contributed by atoms with Crippen LogP contribution in [0, 0.1) is 0 Å². The molecule has 1 saturated heterocycles. The van der Waals surface area contributed by atoms with Crippen molar-refractivity contribution in [2.75, 3.05) is 13.7 Å². The maximum absolute atomic E-state index is 12.5. The fourth-order valence-corrected chi connectivity index (χ4v) is 4.42. The number of hydrogen-bond acceptors (Lipinski definition) is 4. The maximum Gasteiger partial charge on any atom is 0.338 e. The average molecular weight is 357 g/mol. The number of carbonyl (C=O) groups is 3. The number of amides is 4. The molecule has 124 valence electrons. The zero-order chi connectivity index (χ0) is 16.6. The molecule has 1 N–H and O–H groups in total. The Balaban J connectivity index is 1.66. The van der Waals surface area contributed by atoms with Gasteiger partial charge in [-0.2, -0.15) is 0 Å². The number of thiophene rings is 1. The van der Waals surface area contributed by atoms with Gasteiger partial charge in [0.25, 0.3) is 0 Å². The zero-order valence-electron chi connectivity index (χ0n) is 12.9. The lowest BCUT2D eigenvalue weighted by atomic mass is 10.2. The van der Waals surface area contributed by atoms with Crippen LogP contribution in [-0.2, 0) is 16.1 Å². The van der Waals surface area contributed by atoms with Gasteiger partial charge in [0.1, 0.15) is 6.54 Å². The highest BCUT2D eigenvalue weighted by molar-refractivity contribution is 7.16. The van der Waals surface area contributed by atoms with Gasteiger partial charge in [0.15, 0.2) is 6.67 Å². The number of nitrogens with zero attached hydrogens (tertiary/aromatic N) is 2. The molecule has 1 aromatic rings. The second kappa shape index (κ2) is 6.59. The molecule has 0 bridgehead atoms. The van der Waals surface area contributed by atoms with E-state index in [1.807, 2.05) is 19.2 Å². The Kier molecular flexibility index (Phi) is 4.70. The summed E-state index contributed by atoms with van der Waals surface area (Å²) >= 11 is 7.39. The lowest BCUT2D eigenvalue weighted by Crippen LogP contribution is -3.09. The molecular weight excluding hydrogens is 338 g/mol. The largest absolute Gasteiger partial charge is 0.338 e. The van der Waals surface area contributed by atoms with Crippen LogP contribution in [0.25, 0.3) is 0 Å². The fourth-order valence-electron chi connectivity index (χ4n) is 3.22. The van der Waals surface area contributed by atoms with Gasteiger partial charge in [-0.3, -0.25) is 14.5 Å². The van der Waals surface area contributed by atoms with Crippen LogP contribution < -0.4 is 4.90 Å². The predicted molar refractivity (Wildman–Crippen MR) is 86.1 cm³/mol. The topological polar surface area (TPSA) is 62.1 Å². The van der Waals surface area contributed by atoms with Crippen molar-refractivity contribution in [2.24, 2.45) is 0 Å². The van der Waals surface area contributed by atoms with E-state index in [0.717, 1.165) is 40.4 Å². The standard InChI is InChI=1S/C15H18ClN3O3S/c1-17(8-11-6-7-12(16)23-11)9-18-13(20)14(21)19(15(18)22)10-4-2-3-5-10/h6-7,10H,2-5,8-9H2,1H3/p+1. The van der Waals surface area contributed by atoms with E-state index in [-0.39, 0.29) is 12.7 Å². The minimum absolute atomic E-state index is 0.111. The van der Waals surface area contributed by atoms with Gasteiger partial charge in [-0.05, 0) is 25.0 Å². The highest BCUT2D eigenvalue weighted by Crippen LogP contribution is 2.27. The van der Waals surface area contributed by atoms with E-state index in [9.17, 15) is 14.4 Å². The van der Waals surface area contributed by atoms with Crippen LogP contribution in [0.3, 0.4) is 0 Å². The van der Waals surface area contributed by atoms with Crippen LogP contribution >= 0.6 is 22.9 Å². The average Bonchev–Trinajstić information content (AvgIpc) is 3.19. The Morgan fingerprint density at radius 2 is 1.91 bits per heavy atom. The number of quaternary nitrogens is 1. The Bertz CT molecular complexity index is 642. The summed E-state index contributed by atoms with van der Waals surface area (Å²) in [5.41, 5.74) is 0. The first-order chi connectivity index (χ1) is 11.0. The molecule has 1 aliphatic carbocycles. The van der Waals surface area contributed by atoms with Crippen LogP contribution in [-0.4, -0.2) is 47.4 Å². The highest BCUT2D eigenvalue weighted by Gasteiger charge is 2.49. The summed E-state index contributed by atoms with van der Waals surface area (Å²) in [5.74, 6) is -1.38. The molecule has 1 atom stereocenters. The molecule has 6 nitrogen and oxygen atoms in total. The summed E-state index contributed by atoms with van der Waals surface area (Å²) in [7, 11) is 1.89. The number of imide groups is 2. The second-order valence-corrected chi connectivity index (χ2v) is 7.93. The summed E-state index contributed by atoms with van der Waals surface area (Å²) < 4.78 is 0.712. The third-order valence-electron chi connectivity index (χ3n) is 4.31. The van der Waals surface area contributed by atoms with Crippen molar-refractivity contribution in [3.8, 4) is 0 Å². The molecule has 2 aliphatic rings. The number of nitrogens with one attached hydrogen (secondary N) is 1. The quantitative estimate of drug-likeness (QED) is 0.635. The van der Waals surface area contributed by atoms with Crippen LogP contribution in [0.4, 0.5) is 4.79 Å². The normalized spacial score (nSPS) is 20.9. The molecule has 1 unspecified atom stereocenters. The molecule has 8 heteroatoms. The maximum atomic E-state index is 12.5. The number of urea groups is 1. The lowest BCUT2D eigenvalue weighted by molar-refractivity contribution is -0.900. The Hall–Kier alpha value is -1.44. The van der Waals surface area contributed by atoms with Gasteiger partial charge in [-0.25, -0.2) is 9.69 Å².